The molecule has 0 fully saturated rings. The molecule has 7 heteroatoms. The second-order valence-corrected chi connectivity index (χ2v) is 4.12. The summed E-state index contributed by atoms with van der Waals surface area (Å²) in [5.41, 5.74) is 0.0489. The molecule has 1 amide bonds. The zero-order valence-corrected chi connectivity index (χ0v) is 9.31. The number of carboxylic acids is 1. The Labute approximate surface area is 99.9 Å². The molecule has 0 bridgehead atoms. The van der Waals surface area contributed by atoms with Crippen molar-refractivity contribution in [3.8, 4) is 0 Å². The highest BCUT2D eigenvalue weighted by Gasteiger charge is 2.24. The SMILES string of the molecule is O=C(NC(C(=O)O)c1cccs1)c1ccon1. The molecule has 88 valence electrons. The molecule has 0 radical (unpaired) electrons. The van der Waals surface area contributed by atoms with E-state index in [9.17, 15) is 9.59 Å². The molecule has 1 unspecified atom stereocenters. The number of hydrogen-bond donors (Lipinski definition) is 2. The van der Waals surface area contributed by atoms with Crippen molar-refractivity contribution in [3.63, 3.8) is 0 Å². The van der Waals surface area contributed by atoms with Crippen LogP contribution in [0.5, 0.6) is 0 Å². The zero-order chi connectivity index (χ0) is 12.3. The molecule has 0 saturated heterocycles. The van der Waals surface area contributed by atoms with E-state index in [1.54, 1.807) is 17.5 Å². The van der Waals surface area contributed by atoms with Crippen LogP contribution in [0.2, 0.25) is 0 Å². The van der Waals surface area contributed by atoms with Crippen molar-refractivity contribution in [2.24, 2.45) is 0 Å². The maximum Gasteiger partial charge on any atom is 0.331 e. The first-order chi connectivity index (χ1) is 8.18. The molecule has 0 spiro atoms. The molecule has 2 rings (SSSR count). The first-order valence-electron chi connectivity index (χ1n) is 4.66. The van der Waals surface area contributed by atoms with Crippen molar-refractivity contribution in [3.05, 3.63) is 40.4 Å². The van der Waals surface area contributed by atoms with Crippen LogP contribution in [-0.2, 0) is 4.79 Å². The summed E-state index contributed by atoms with van der Waals surface area (Å²) >= 11 is 1.26. The second-order valence-electron chi connectivity index (χ2n) is 3.14. The predicted molar refractivity (Wildman–Crippen MR) is 58.7 cm³/mol. The summed E-state index contributed by atoms with van der Waals surface area (Å²) in [6.07, 6.45) is 1.25. The number of aliphatic carboxylic acids is 1. The Kier molecular flexibility index (Phi) is 3.20. The lowest BCUT2D eigenvalue weighted by molar-refractivity contribution is -0.139. The van der Waals surface area contributed by atoms with Crippen molar-refractivity contribution in [2.45, 2.75) is 6.04 Å². The van der Waals surface area contributed by atoms with Gasteiger partial charge in [-0.15, -0.1) is 11.3 Å². The molecule has 2 aromatic heterocycles. The van der Waals surface area contributed by atoms with E-state index in [1.165, 1.54) is 23.7 Å². The van der Waals surface area contributed by atoms with E-state index in [0.29, 0.717) is 4.88 Å². The quantitative estimate of drug-likeness (QED) is 0.855. The molecule has 2 heterocycles. The number of hydrogen-bond acceptors (Lipinski definition) is 5. The number of carbonyl (C=O) groups excluding carboxylic acids is 1. The van der Waals surface area contributed by atoms with E-state index in [1.807, 2.05) is 0 Å². The fraction of sp³-hybridized carbons (Fsp3) is 0.100. The second kappa shape index (κ2) is 4.79. The van der Waals surface area contributed by atoms with E-state index in [4.69, 9.17) is 5.11 Å². The molecule has 2 N–H and O–H groups in total. The minimum absolute atomic E-state index is 0.0489. The highest BCUT2D eigenvalue weighted by atomic mass is 32.1. The van der Waals surface area contributed by atoms with Crippen molar-refractivity contribution >= 4 is 23.2 Å². The Bertz CT molecular complexity index is 506. The fourth-order valence-electron chi connectivity index (χ4n) is 1.24. The predicted octanol–water partition coefficient (Wildman–Crippen LogP) is 1.29. The van der Waals surface area contributed by atoms with Gasteiger partial charge in [0.1, 0.15) is 6.26 Å². The van der Waals surface area contributed by atoms with Crippen LogP contribution in [0.1, 0.15) is 21.4 Å². The van der Waals surface area contributed by atoms with Gasteiger partial charge in [-0.3, -0.25) is 4.79 Å². The van der Waals surface area contributed by atoms with Gasteiger partial charge in [0.25, 0.3) is 5.91 Å². The molecular formula is C10H8N2O4S. The van der Waals surface area contributed by atoms with Gasteiger partial charge in [0.15, 0.2) is 11.7 Å². The number of rotatable bonds is 4. The summed E-state index contributed by atoms with van der Waals surface area (Å²) in [6.45, 7) is 0. The van der Waals surface area contributed by atoms with Crippen molar-refractivity contribution in [2.75, 3.05) is 0 Å². The van der Waals surface area contributed by atoms with E-state index >= 15 is 0 Å². The number of aromatic nitrogens is 1. The summed E-state index contributed by atoms with van der Waals surface area (Å²) in [7, 11) is 0. The molecular weight excluding hydrogens is 244 g/mol. The molecule has 0 saturated carbocycles. The van der Waals surface area contributed by atoms with Gasteiger partial charge in [0, 0.05) is 10.9 Å². The summed E-state index contributed by atoms with van der Waals surface area (Å²) in [6, 6.07) is 3.66. The summed E-state index contributed by atoms with van der Waals surface area (Å²) in [5.74, 6) is -1.70. The van der Waals surface area contributed by atoms with E-state index in [0.717, 1.165) is 0 Å². The van der Waals surface area contributed by atoms with Crippen LogP contribution in [0, 0.1) is 0 Å². The van der Waals surface area contributed by atoms with Gasteiger partial charge in [-0.25, -0.2) is 4.79 Å². The number of nitrogens with one attached hydrogen (secondary N) is 1. The third-order valence-electron chi connectivity index (χ3n) is 2.02. The van der Waals surface area contributed by atoms with Gasteiger partial charge in [-0.05, 0) is 11.4 Å². The molecule has 17 heavy (non-hydrogen) atoms. The Hall–Kier alpha value is -2.15. The van der Waals surface area contributed by atoms with Crippen LogP contribution in [-0.4, -0.2) is 22.1 Å². The topological polar surface area (TPSA) is 92.4 Å². The third-order valence-corrected chi connectivity index (χ3v) is 2.96. The molecule has 0 aromatic carbocycles. The first kappa shape index (κ1) is 11.3. The lowest BCUT2D eigenvalue weighted by Crippen LogP contribution is -2.33. The molecule has 6 nitrogen and oxygen atoms in total. The van der Waals surface area contributed by atoms with Crippen molar-refractivity contribution in [1.29, 1.82) is 0 Å². The summed E-state index contributed by atoms with van der Waals surface area (Å²) in [4.78, 5) is 23.2. The Morgan fingerprint density at radius 2 is 2.29 bits per heavy atom. The van der Waals surface area contributed by atoms with Gasteiger partial charge in [-0.2, -0.15) is 0 Å². The molecule has 2 aromatic rings. The van der Waals surface area contributed by atoms with Crippen LogP contribution < -0.4 is 5.32 Å². The normalized spacial score (nSPS) is 12.0. The Morgan fingerprint density at radius 3 is 2.82 bits per heavy atom. The molecule has 0 aliphatic rings. The number of thiophene rings is 1. The summed E-state index contributed by atoms with van der Waals surface area (Å²) in [5, 5.41) is 16.6. The van der Waals surface area contributed by atoms with Gasteiger partial charge >= 0.3 is 5.97 Å². The summed E-state index contributed by atoms with van der Waals surface area (Å²) < 4.78 is 4.51. The van der Waals surface area contributed by atoms with Crippen LogP contribution >= 0.6 is 11.3 Å². The Morgan fingerprint density at radius 1 is 1.47 bits per heavy atom. The van der Waals surface area contributed by atoms with E-state index < -0.39 is 17.9 Å². The molecule has 0 aliphatic carbocycles. The average Bonchev–Trinajstić information content (AvgIpc) is 2.97. The standard InChI is InChI=1S/C10H8N2O4S/c13-9(6-3-4-16-12-6)11-8(10(14)15)7-2-1-5-17-7/h1-5,8H,(H,11,13)(H,14,15). The largest absolute Gasteiger partial charge is 0.479 e. The number of carbonyl (C=O) groups is 2. The highest BCUT2D eigenvalue weighted by molar-refractivity contribution is 7.10. The monoisotopic (exact) mass is 252 g/mol. The number of nitrogens with zero attached hydrogens (tertiary/aromatic N) is 1. The van der Waals surface area contributed by atoms with Crippen molar-refractivity contribution in [1.82, 2.24) is 10.5 Å². The van der Waals surface area contributed by atoms with Gasteiger partial charge < -0.3 is 14.9 Å². The van der Waals surface area contributed by atoms with Crippen LogP contribution in [0.25, 0.3) is 0 Å². The van der Waals surface area contributed by atoms with Crippen LogP contribution in [0.4, 0.5) is 0 Å². The van der Waals surface area contributed by atoms with Gasteiger partial charge in [0.05, 0.1) is 0 Å². The third kappa shape index (κ3) is 2.51. The molecule has 1 atom stereocenters. The fourth-order valence-corrected chi connectivity index (χ4v) is 2.01. The van der Waals surface area contributed by atoms with Crippen molar-refractivity contribution < 1.29 is 19.2 Å². The highest BCUT2D eigenvalue weighted by Crippen LogP contribution is 2.19. The first-order valence-corrected chi connectivity index (χ1v) is 5.54. The van der Waals surface area contributed by atoms with Gasteiger partial charge in [-0.1, -0.05) is 11.2 Å². The van der Waals surface area contributed by atoms with E-state index in [2.05, 4.69) is 15.0 Å². The Balaban J connectivity index is 2.14. The number of amides is 1. The minimum Gasteiger partial charge on any atom is -0.479 e. The lowest BCUT2D eigenvalue weighted by atomic mass is 10.2. The lowest BCUT2D eigenvalue weighted by Gasteiger charge is -2.11. The van der Waals surface area contributed by atoms with Crippen LogP contribution in [0.3, 0.4) is 0 Å². The maximum atomic E-state index is 11.6. The van der Waals surface area contributed by atoms with Crippen LogP contribution in [0.15, 0.2) is 34.4 Å². The van der Waals surface area contributed by atoms with E-state index in [-0.39, 0.29) is 5.69 Å². The number of carboxylic acid groups (broad SMARTS) is 1. The van der Waals surface area contributed by atoms with Gasteiger partial charge in [0.2, 0.25) is 0 Å². The zero-order valence-electron chi connectivity index (χ0n) is 8.49. The molecule has 0 aliphatic heterocycles. The maximum absolute atomic E-state index is 11.6. The average molecular weight is 252 g/mol. The minimum atomic E-state index is -1.12. The smallest absolute Gasteiger partial charge is 0.331 e.